The SMILES string of the molecule is C[C@H](Nc1c(-c2cc(F)ccc2F)c(Cl)nc2ncnn12)C(F)(F)F. The molecule has 25 heavy (non-hydrogen) atoms. The molecule has 2 aromatic heterocycles. The van der Waals surface area contributed by atoms with E-state index < -0.39 is 23.9 Å². The number of alkyl halides is 3. The predicted molar refractivity (Wildman–Crippen MR) is 80.3 cm³/mol. The molecule has 0 saturated carbocycles. The van der Waals surface area contributed by atoms with Crippen LogP contribution >= 0.6 is 11.6 Å². The maximum absolute atomic E-state index is 14.2. The molecule has 1 N–H and O–H groups in total. The summed E-state index contributed by atoms with van der Waals surface area (Å²) in [6, 6.07) is 0.502. The van der Waals surface area contributed by atoms with Crippen LogP contribution in [0, 0.1) is 11.6 Å². The molecule has 3 rings (SSSR count). The third kappa shape index (κ3) is 3.21. The summed E-state index contributed by atoms with van der Waals surface area (Å²) in [5.74, 6) is -2.07. The van der Waals surface area contributed by atoms with Crippen LogP contribution in [0.3, 0.4) is 0 Å². The van der Waals surface area contributed by atoms with Crippen LogP contribution < -0.4 is 5.32 Å². The number of anilines is 1. The smallest absolute Gasteiger partial charge is 0.358 e. The molecule has 5 nitrogen and oxygen atoms in total. The first-order chi connectivity index (χ1) is 11.7. The average molecular weight is 378 g/mol. The van der Waals surface area contributed by atoms with E-state index in [0.717, 1.165) is 36.0 Å². The Morgan fingerprint density at radius 2 is 1.96 bits per heavy atom. The van der Waals surface area contributed by atoms with Crippen molar-refractivity contribution in [2.24, 2.45) is 0 Å². The lowest BCUT2D eigenvalue weighted by atomic mass is 10.1. The first-order valence-corrected chi connectivity index (χ1v) is 7.24. The Morgan fingerprint density at radius 1 is 1.24 bits per heavy atom. The second kappa shape index (κ2) is 6.10. The Kier molecular flexibility index (Phi) is 4.23. The molecule has 1 aromatic carbocycles. The van der Waals surface area contributed by atoms with Gasteiger partial charge in [-0.25, -0.2) is 8.78 Å². The van der Waals surface area contributed by atoms with Crippen LogP contribution in [0.5, 0.6) is 0 Å². The molecular formula is C14H9ClF5N5. The first-order valence-electron chi connectivity index (χ1n) is 6.86. The zero-order chi connectivity index (χ0) is 18.4. The van der Waals surface area contributed by atoms with Crippen LogP contribution in [0.4, 0.5) is 27.8 Å². The van der Waals surface area contributed by atoms with Gasteiger partial charge in [0.25, 0.3) is 5.78 Å². The number of nitrogens with zero attached hydrogens (tertiary/aromatic N) is 4. The summed E-state index contributed by atoms with van der Waals surface area (Å²) in [5.41, 5.74) is -0.612. The van der Waals surface area contributed by atoms with E-state index in [1.807, 2.05) is 0 Å². The van der Waals surface area contributed by atoms with Gasteiger partial charge in [0.2, 0.25) is 0 Å². The van der Waals surface area contributed by atoms with Gasteiger partial charge in [-0.1, -0.05) is 11.6 Å². The summed E-state index contributed by atoms with van der Waals surface area (Å²) in [6.07, 6.45) is -3.55. The minimum absolute atomic E-state index is 0.0950. The minimum atomic E-state index is -4.60. The summed E-state index contributed by atoms with van der Waals surface area (Å²) in [5, 5.41) is 5.61. The Morgan fingerprint density at radius 3 is 2.64 bits per heavy atom. The van der Waals surface area contributed by atoms with Crippen molar-refractivity contribution in [1.29, 1.82) is 0 Å². The number of nitrogens with one attached hydrogen (secondary N) is 1. The number of benzene rings is 1. The largest absolute Gasteiger partial charge is 0.408 e. The van der Waals surface area contributed by atoms with Gasteiger partial charge in [0.1, 0.15) is 35.0 Å². The fourth-order valence-electron chi connectivity index (χ4n) is 2.16. The molecule has 0 unspecified atom stereocenters. The topological polar surface area (TPSA) is 55.1 Å². The van der Waals surface area contributed by atoms with E-state index in [0.29, 0.717) is 0 Å². The van der Waals surface area contributed by atoms with E-state index in [-0.39, 0.29) is 27.9 Å². The van der Waals surface area contributed by atoms with Crippen molar-refractivity contribution in [2.45, 2.75) is 19.1 Å². The highest BCUT2D eigenvalue weighted by Gasteiger charge is 2.37. The highest BCUT2D eigenvalue weighted by molar-refractivity contribution is 6.33. The molecule has 3 aromatic rings. The zero-order valence-corrected chi connectivity index (χ0v) is 13.2. The maximum Gasteiger partial charge on any atom is 0.408 e. The lowest BCUT2D eigenvalue weighted by molar-refractivity contribution is -0.138. The van der Waals surface area contributed by atoms with Gasteiger partial charge < -0.3 is 5.32 Å². The van der Waals surface area contributed by atoms with Crippen LogP contribution in [0.15, 0.2) is 24.5 Å². The monoisotopic (exact) mass is 377 g/mol. The summed E-state index contributed by atoms with van der Waals surface area (Å²) in [7, 11) is 0. The van der Waals surface area contributed by atoms with E-state index in [1.165, 1.54) is 0 Å². The van der Waals surface area contributed by atoms with Crippen molar-refractivity contribution in [2.75, 3.05) is 5.32 Å². The van der Waals surface area contributed by atoms with Crippen molar-refractivity contribution < 1.29 is 22.0 Å². The van der Waals surface area contributed by atoms with E-state index in [4.69, 9.17) is 11.6 Å². The second-order valence-electron chi connectivity index (χ2n) is 5.13. The number of hydrogen-bond acceptors (Lipinski definition) is 4. The van der Waals surface area contributed by atoms with Crippen molar-refractivity contribution >= 4 is 23.2 Å². The molecule has 0 saturated heterocycles. The molecule has 0 radical (unpaired) electrons. The minimum Gasteiger partial charge on any atom is -0.358 e. The van der Waals surface area contributed by atoms with E-state index in [1.54, 1.807) is 0 Å². The van der Waals surface area contributed by atoms with Crippen LogP contribution in [0.1, 0.15) is 6.92 Å². The molecule has 0 fully saturated rings. The molecule has 1 atom stereocenters. The fraction of sp³-hybridized carbons (Fsp3) is 0.214. The van der Waals surface area contributed by atoms with Gasteiger partial charge in [-0.2, -0.15) is 32.8 Å². The predicted octanol–water partition coefficient (Wildman–Crippen LogP) is 4.09. The van der Waals surface area contributed by atoms with Crippen LogP contribution in [-0.2, 0) is 0 Å². The van der Waals surface area contributed by atoms with Gasteiger partial charge in [0.05, 0.1) is 5.56 Å². The van der Waals surface area contributed by atoms with Crippen molar-refractivity contribution in [3.63, 3.8) is 0 Å². The Labute approximate surface area is 142 Å². The van der Waals surface area contributed by atoms with Gasteiger partial charge in [-0.15, -0.1) is 0 Å². The molecule has 0 aliphatic rings. The van der Waals surface area contributed by atoms with Crippen molar-refractivity contribution in [3.05, 3.63) is 41.3 Å². The van der Waals surface area contributed by atoms with E-state index in [9.17, 15) is 22.0 Å². The quantitative estimate of drug-likeness (QED) is 0.552. The number of hydrogen-bond donors (Lipinski definition) is 1. The summed E-state index contributed by atoms with van der Waals surface area (Å²) < 4.78 is 67.5. The number of aromatic nitrogens is 4. The second-order valence-corrected chi connectivity index (χ2v) is 5.49. The lowest BCUT2D eigenvalue weighted by Crippen LogP contribution is -2.34. The highest BCUT2D eigenvalue weighted by atomic mass is 35.5. The van der Waals surface area contributed by atoms with Crippen molar-refractivity contribution in [1.82, 2.24) is 19.6 Å². The lowest BCUT2D eigenvalue weighted by Gasteiger charge is -2.21. The van der Waals surface area contributed by atoms with Crippen LogP contribution in [0.2, 0.25) is 5.15 Å². The fourth-order valence-corrected chi connectivity index (χ4v) is 2.43. The van der Waals surface area contributed by atoms with Gasteiger partial charge in [0.15, 0.2) is 0 Å². The Balaban J connectivity index is 2.28. The summed E-state index contributed by atoms with van der Waals surface area (Å²) in [4.78, 5) is 7.61. The molecule has 2 heterocycles. The molecule has 11 heteroatoms. The third-order valence-electron chi connectivity index (χ3n) is 3.42. The standard InChI is InChI=1S/C14H9ClF5N5/c1-6(14(18,19)20)23-12-10(8-4-7(16)2-3-9(8)17)11(15)24-13-21-5-22-25(12)13/h2-6,23H,1H3/t6-/m0/s1. The molecule has 0 amide bonds. The van der Waals surface area contributed by atoms with Gasteiger partial charge >= 0.3 is 6.18 Å². The van der Waals surface area contributed by atoms with Crippen molar-refractivity contribution in [3.8, 4) is 11.1 Å². The van der Waals surface area contributed by atoms with Gasteiger partial charge in [-0.3, -0.25) is 0 Å². The number of rotatable bonds is 3. The normalized spacial score (nSPS) is 13.2. The molecule has 0 aliphatic carbocycles. The number of halogens is 6. The first kappa shape index (κ1) is 17.3. The van der Waals surface area contributed by atoms with E-state index in [2.05, 4.69) is 20.4 Å². The molecule has 0 spiro atoms. The van der Waals surface area contributed by atoms with Gasteiger partial charge in [0, 0.05) is 5.56 Å². The Hall–Kier alpha value is -2.49. The molecule has 0 bridgehead atoms. The van der Waals surface area contributed by atoms with E-state index >= 15 is 0 Å². The zero-order valence-electron chi connectivity index (χ0n) is 12.4. The average Bonchev–Trinajstić information content (AvgIpc) is 2.97. The summed E-state index contributed by atoms with van der Waals surface area (Å²) >= 11 is 6.02. The third-order valence-corrected chi connectivity index (χ3v) is 3.70. The number of fused-ring (bicyclic) bond motifs is 1. The molecule has 132 valence electrons. The van der Waals surface area contributed by atoms with Gasteiger partial charge in [-0.05, 0) is 25.1 Å². The van der Waals surface area contributed by atoms with Crippen LogP contribution in [-0.4, -0.2) is 31.8 Å². The molecule has 0 aliphatic heterocycles. The Bertz CT molecular complexity index is 939. The van der Waals surface area contributed by atoms with Crippen LogP contribution in [0.25, 0.3) is 16.9 Å². The molecular weight excluding hydrogens is 369 g/mol. The summed E-state index contributed by atoms with van der Waals surface area (Å²) in [6.45, 7) is 0.864. The highest BCUT2D eigenvalue weighted by Crippen LogP contribution is 2.37. The maximum atomic E-state index is 14.2.